The van der Waals surface area contributed by atoms with E-state index in [-0.39, 0.29) is 16.9 Å². The number of nitro benzene ring substituents is 1. The summed E-state index contributed by atoms with van der Waals surface area (Å²) in [7, 11) is 0. The highest BCUT2D eigenvalue weighted by atomic mass is 16.6. The van der Waals surface area contributed by atoms with Gasteiger partial charge in [0.05, 0.1) is 4.92 Å². The number of nitro groups is 1. The van der Waals surface area contributed by atoms with Gasteiger partial charge in [-0.1, -0.05) is 51.1 Å². The third-order valence-corrected chi connectivity index (χ3v) is 4.05. The minimum atomic E-state index is -1.01. The molecule has 1 heterocycles. The molecular weight excluding hydrogens is 306 g/mol. The molecule has 124 valence electrons. The average Bonchev–Trinajstić information content (AvgIpc) is 2.83. The van der Waals surface area contributed by atoms with E-state index < -0.39 is 11.0 Å². The Morgan fingerprint density at radius 2 is 1.88 bits per heavy atom. The van der Waals surface area contributed by atoms with Gasteiger partial charge in [-0.15, -0.1) is 0 Å². The van der Waals surface area contributed by atoms with Gasteiger partial charge in [-0.05, 0) is 28.7 Å². The molecule has 5 nitrogen and oxygen atoms in total. The van der Waals surface area contributed by atoms with Crippen molar-refractivity contribution in [3.63, 3.8) is 0 Å². The van der Waals surface area contributed by atoms with E-state index in [1.807, 2.05) is 51.1 Å². The molecule has 2 aromatic rings. The molecule has 24 heavy (non-hydrogen) atoms. The van der Waals surface area contributed by atoms with Gasteiger partial charge in [0.1, 0.15) is 11.9 Å². The molecule has 0 radical (unpaired) electrons. The Labute approximate surface area is 140 Å². The molecule has 0 amide bonds. The van der Waals surface area contributed by atoms with Crippen molar-refractivity contribution in [1.82, 2.24) is 0 Å². The molecule has 0 aromatic heterocycles. The molecule has 3 rings (SSSR count). The van der Waals surface area contributed by atoms with Gasteiger partial charge in [0.25, 0.3) is 0 Å². The summed E-state index contributed by atoms with van der Waals surface area (Å²) in [6.07, 6.45) is 0.687. The highest BCUT2D eigenvalue weighted by molar-refractivity contribution is 5.64. The van der Waals surface area contributed by atoms with E-state index in [4.69, 9.17) is 4.74 Å². The van der Waals surface area contributed by atoms with E-state index in [0.29, 0.717) is 11.3 Å². The fourth-order valence-corrected chi connectivity index (χ4v) is 2.67. The smallest absolute Gasteiger partial charge is 0.312 e. The molecule has 1 unspecified atom stereocenters. The summed E-state index contributed by atoms with van der Waals surface area (Å²) >= 11 is 0. The lowest BCUT2D eigenvalue weighted by molar-refractivity contribution is -0.385. The molecule has 5 heteroatoms. The molecule has 0 fully saturated rings. The van der Waals surface area contributed by atoms with Crippen LogP contribution >= 0.6 is 0 Å². The predicted molar refractivity (Wildman–Crippen MR) is 91.8 cm³/mol. The molecule has 1 atom stereocenters. The van der Waals surface area contributed by atoms with Crippen LogP contribution in [-0.4, -0.2) is 10.0 Å². The lowest BCUT2D eigenvalue weighted by atomic mass is 9.85. The van der Waals surface area contributed by atoms with E-state index in [1.54, 1.807) is 12.1 Å². The number of aliphatic hydroxyl groups excluding tert-OH is 1. The molecule has 0 spiro atoms. The lowest BCUT2D eigenvalue weighted by Gasteiger charge is -2.19. The molecule has 1 aliphatic rings. The second kappa shape index (κ2) is 5.76. The standard InChI is InChI=1S/C19H19NO4/c1-19(2,3)13-10-14-17(21)16(9-12-7-5-4-6-8-12)24-18(14)15(11-13)20(22)23/h4-11,17,21H,1-3H3/b16-9-. The molecule has 0 saturated carbocycles. The van der Waals surface area contributed by atoms with Crippen LogP contribution in [-0.2, 0) is 5.41 Å². The third kappa shape index (κ3) is 2.90. The summed E-state index contributed by atoms with van der Waals surface area (Å²) in [5.41, 5.74) is 1.70. The third-order valence-electron chi connectivity index (χ3n) is 4.05. The highest BCUT2D eigenvalue weighted by Crippen LogP contribution is 2.47. The van der Waals surface area contributed by atoms with Crippen molar-refractivity contribution in [2.24, 2.45) is 0 Å². The summed E-state index contributed by atoms with van der Waals surface area (Å²) in [5, 5.41) is 22.0. The number of fused-ring (bicyclic) bond motifs is 1. The van der Waals surface area contributed by atoms with E-state index in [9.17, 15) is 15.2 Å². The zero-order valence-electron chi connectivity index (χ0n) is 13.8. The fraction of sp³-hybridized carbons (Fsp3) is 0.263. The molecular formula is C19H19NO4. The molecule has 1 aliphatic heterocycles. The molecule has 1 N–H and O–H groups in total. The lowest BCUT2D eigenvalue weighted by Crippen LogP contribution is -2.12. The molecule has 0 bridgehead atoms. The summed E-state index contributed by atoms with van der Waals surface area (Å²) in [6, 6.07) is 12.7. The number of rotatable bonds is 2. The number of nitrogens with zero attached hydrogens (tertiary/aromatic N) is 1. The first-order chi connectivity index (χ1) is 11.3. The van der Waals surface area contributed by atoms with Crippen molar-refractivity contribution in [3.8, 4) is 5.75 Å². The van der Waals surface area contributed by atoms with Gasteiger partial charge in [0.15, 0.2) is 0 Å². The Morgan fingerprint density at radius 3 is 2.46 bits per heavy atom. The first-order valence-electron chi connectivity index (χ1n) is 7.73. The topological polar surface area (TPSA) is 72.6 Å². The highest BCUT2D eigenvalue weighted by Gasteiger charge is 2.36. The summed E-state index contributed by atoms with van der Waals surface area (Å²) in [6.45, 7) is 5.92. The van der Waals surface area contributed by atoms with Gasteiger partial charge < -0.3 is 9.84 Å². The van der Waals surface area contributed by atoms with Gasteiger partial charge in [0, 0.05) is 11.6 Å². The van der Waals surface area contributed by atoms with Crippen LogP contribution in [0.2, 0.25) is 0 Å². The van der Waals surface area contributed by atoms with E-state index in [0.717, 1.165) is 11.1 Å². The first kappa shape index (κ1) is 16.2. The summed E-state index contributed by atoms with van der Waals surface area (Å²) in [4.78, 5) is 11.0. The average molecular weight is 325 g/mol. The van der Waals surface area contributed by atoms with Gasteiger partial charge in [-0.2, -0.15) is 0 Å². The van der Waals surface area contributed by atoms with Crippen LogP contribution in [0.5, 0.6) is 5.75 Å². The van der Waals surface area contributed by atoms with Crippen LogP contribution in [0.3, 0.4) is 0 Å². The van der Waals surface area contributed by atoms with Crippen LogP contribution in [0.4, 0.5) is 5.69 Å². The van der Waals surface area contributed by atoms with Crippen molar-refractivity contribution in [3.05, 3.63) is 75.0 Å². The van der Waals surface area contributed by atoms with Crippen molar-refractivity contribution < 1.29 is 14.8 Å². The summed E-state index contributed by atoms with van der Waals surface area (Å²) in [5.74, 6) is 0.424. The maximum absolute atomic E-state index is 11.4. The first-order valence-corrected chi connectivity index (χ1v) is 7.73. The predicted octanol–water partition coefficient (Wildman–Crippen LogP) is 4.36. The molecule has 0 saturated heterocycles. The number of aliphatic hydroxyl groups is 1. The van der Waals surface area contributed by atoms with E-state index >= 15 is 0 Å². The maximum Gasteiger partial charge on any atom is 0.312 e. The quantitative estimate of drug-likeness (QED) is 0.658. The van der Waals surface area contributed by atoms with E-state index in [2.05, 4.69) is 0 Å². The van der Waals surface area contributed by atoms with Crippen LogP contribution in [0, 0.1) is 10.1 Å². The van der Waals surface area contributed by atoms with Gasteiger partial charge in [-0.3, -0.25) is 10.1 Å². The van der Waals surface area contributed by atoms with Crippen molar-refractivity contribution >= 4 is 11.8 Å². The Balaban J connectivity index is 2.11. The Morgan fingerprint density at radius 1 is 1.21 bits per heavy atom. The number of hydrogen-bond acceptors (Lipinski definition) is 4. The van der Waals surface area contributed by atoms with Crippen molar-refractivity contribution in [1.29, 1.82) is 0 Å². The van der Waals surface area contributed by atoms with Crippen LogP contribution < -0.4 is 4.74 Å². The normalized spacial score (nSPS) is 18.3. The minimum absolute atomic E-state index is 0.118. The SMILES string of the molecule is CC(C)(C)c1cc2c(c([N+](=O)[O-])c1)O/C(=C\c1ccccc1)C2O. The summed E-state index contributed by atoms with van der Waals surface area (Å²) < 4.78 is 5.65. The maximum atomic E-state index is 11.4. The number of ether oxygens (including phenoxy) is 1. The van der Waals surface area contributed by atoms with Crippen LogP contribution in [0.1, 0.15) is 43.6 Å². The van der Waals surface area contributed by atoms with Gasteiger partial charge in [0.2, 0.25) is 5.75 Å². The Kier molecular flexibility index (Phi) is 3.89. The van der Waals surface area contributed by atoms with E-state index in [1.165, 1.54) is 6.07 Å². The second-order valence-electron chi connectivity index (χ2n) is 6.88. The Hall–Kier alpha value is -2.66. The van der Waals surface area contributed by atoms with Crippen molar-refractivity contribution in [2.45, 2.75) is 32.3 Å². The molecule has 2 aromatic carbocycles. The second-order valence-corrected chi connectivity index (χ2v) is 6.88. The van der Waals surface area contributed by atoms with Crippen molar-refractivity contribution in [2.75, 3.05) is 0 Å². The number of benzene rings is 2. The Bertz CT molecular complexity index is 819. The fourth-order valence-electron chi connectivity index (χ4n) is 2.67. The monoisotopic (exact) mass is 325 g/mol. The van der Waals surface area contributed by atoms with Crippen LogP contribution in [0.15, 0.2) is 48.2 Å². The van der Waals surface area contributed by atoms with Gasteiger partial charge in [-0.25, -0.2) is 0 Å². The minimum Gasteiger partial charge on any atom is -0.451 e. The van der Waals surface area contributed by atoms with Gasteiger partial charge >= 0.3 is 5.69 Å². The largest absolute Gasteiger partial charge is 0.451 e. The number of hydrogen-bond donors (Lipinski definition) is 1. The van der Waals surface area contributed by atoms with Crippen LogP contribution in [0.25, 0.3) is 6.08 Å². The zero-order valence-corrected chi connectivity index (χ0v) is 13.8. The zero-order chi connectivity index (χ0) is 17.5. The molecule has 0 aliphatic carbocycles.